The van der Waals surface area contributed by atoms with Gasteiger partial charge in [0, 0.05) is 12.1 Å². The van der Waals surface area contributed by atoms with Crippen LogP contribution in [0, 0.1) is 5.82 Å². The molecule has 1 N–H and O–H groups in total. The molecule has 2 aromatic carbocycles. The molecular formula is C21H27ClFNO2. The molecule has 0 amide bonds. The minimum absolute atomic E-state index is 0. The van der Waals surface area contributed by atoms with E-state index in [0.717, 1.165) is 54.1 Å². The summed E-state index contributed by atoms with van der Waals surface area (Å²) in [4.78, 5) is 0. The quantitative estimate of drug-likeness (QED) is 0.478. The second kappa shape index (κ2) is 11.6. The van der Waals surface area contributed by atoms with Gasteiger partial charge in [-0.15, -0.1) is 19.0 Å². The Labute approximate surface area is 161 Å². The van der Waals surface area contributed by atoms with Crippen LogP contribution in [-0.4, -0.2) is 20.3 Å². The zero-order valence-electron chi connectivity index (χ0n) is 15.4. The van der Waals surface area contributed by atoms with E-state index in [0.29, 0.717) is 6.61 Å². The van der Waals surface area contributed by atoms with E-state index in [9.17, 15) is 4.39 Å². The Morgan fingerprint density at radius 1 is 1.15 bits per heavy atom. The number of rotatable bonds is 10. The van der Waals surface area contributed by atoms with Crippen molar-refractivity contribution in [2.24, 2.45) is 0 Å². The van der Waals surface area contributed by atoms with E-state index < -0.39 is 0 Å². The fourth-order valence-electron chi connectivity index (χ4n) is 2.71. The first-order valence-corrected chi connectivity index (χ1v) is 8.56. The lowest BCUT2D eigenvalue weighted by Crippen LogP contribution is -2.17. The smallest absolute Gasteiger partial charge is 0.164 e. The van der Waals surface area contributed by atoms with Gasteiger partial charge in [-0.1, -0.05) is 24.3 Å². The van der Waals surface area contributed by atoms with Gasteiger partial charge in [0.25, 0.3) is 0 Å². The van der Waals surface area contributed by atoms with Crippen molar-refractivity contribution in [3.05, 3.63) is 71.6 Å². The molecule has 0 aliphatic heterocycles. The summed E-state index contributed by atoms with van der Waals surface area (Å²) >= 11 is 0. The average molecular weight is 380 g/mol. The third kappa shape index (κ3) is 6.36. The van der Waals surface area contributed by atoms with E-state index in [1.165, 1.54) is 12.1 Å². The van der Waals surface area contributed by atoms with Gasteiger partial charge in [-0.05, 0) is 55.6 Å². The van der Waals surface area contributed by atoms with Crippen molar-refractivity contribution < 1.29 is 13.9 Å². The van der Waals surface area contributed by atoms with Crippen molar-refractivity contribution >= 4 is 12.4 Å². The number of benzene rings is 2. The maximum atomic E-state index is 12.9. The Hall–Kier alpha value is -2.04. The van der Waals surface area contributed by atoms with Crippen LogP contribution in [0.1, 0.15) is 23.6 Å². The number of allylic oxidation sites excluding steroid dienone is 1. The van der Waals surface area contributed by atoms with Gasteiger partial charge in [0.2, 0.25) is 0 Å². The van der Waals surface area contributed by atoms with E-state index in [2.05, 4.69) is 18.0 Å². The van der Waals surface area contributed by atoms with Crippen molar-refractivity contribution in [3.8, 4) is 11.5 Å². The second-order valence-electron chi connectivity index (χ2n) is 5.77. The number of nitrogens with one attached hydrogen (secondary N) is 1. The summed E-state index contributed by atoms with van der Waals surface area (Å²) < 4.78 is 24.1. The highest BCUT2D eigenvalue weighted by Crippen LogP contribution is 2.33. The standard InChI is InChI=1S/C21H26FNO2.ClH/c1-4-6-18-13-17(14-20(24-3)21(18)25-5-2)15-23-12-11-16-7-9-19(22)10-8-16;/h4,7-10,13-14,23H,1,5-6,11-12,15H2,2-3H3;1H. The van der Waals surface area contributed by atoms with Crippen LogP contribution in [-0.2, 0) is 19.4 Å². The molecule has 2 rings (SSSR count). The summed E-state index contributed by atoms with van der Waals surface area (Å²) in [7, 11) is 1.65. The second-order valence-corrected chi connectivity index (χ2v) is 5.77. The molecule has 0 spiro atoms. The van der Waals surface area contributed by atoms with Crippen molar-refractivity contribution in [1.29, 1.82) is 0 Å². The lowest BCUT2D eigenvalue weighted by molar-refractivity contribution is 0.308. The van der Waals surface area contributed by atoms with Gasteiger partial charge in [-0.3, -0.25) is 0 Å². The molecule has 0 unspecified atom stereocenters. The number of ether oxygens (including phenoxy) is 2. The highest BCUT2D eigenvalue weighted by molar-refractivity contribution is 5.85. The molecule has 0 saturated carbocycles. The molecule has 0 atom stereocenters. The van der Waals surface area contributed by atoms with Crippen molar-refractivity contribution in [3.63, 3.8) is 0 Å². The molecule has 0 fully saturated rings. The van der Waals surface area contributed by atoms with E-state index in [1.807, 2.05) is 31.2 Å². The minimum atomic E-state index is -0.201. The Bertz CT molecular complexity index is 689. The molecule has 3 nitrogen and oxygen atoms in total. The third-order valence-electron chi connectivity index (χ3n) is 3.90. The zero-order chi connectivity index (χ0) is 18.1. The van der Waals surface area contributed by atoms with E-state index in [-0.39, 0.29) is 18.2 Å². The summed E-state index contributed by atoms with van der Waals surface area (Å²) in [6.07, 6.45) is 3.45. The molecular weight excluding hydrogens is 353 g/mol. The zero-order valence-corrected chi connectivity index (χ0v) is 16.2. The third-order valence-corrected chi connectivity index (χ3v) is 3.90. The fraction of sp³-hybridized carbons (Fsp3) is 0.333. The highest BCUT2D eigenvalue weighted by atomic mass is 35.5. The van der Waals surface area contributed by atoms with Crippen LogP contribution >= 0.6 is 12.4 Å². The largest absolute Gasteiger partial charge is 0.493 e. The highest BCUT2D eigenvalue weighted by Gasteiger charge is 2.12. The molecule has 142 valence electrons. The first-order valence-electron chi connectivity index (χ1n) is 8.56. The van der Waals surface area contributed by atoms with E-state index in [4.69, 9.17) is 9.47 Å². The Balaban J connectivity index is 0.00000338. The summed E-state index contributed by atoms with van der Waals surface area (Å²) in [5.74, 6) is 1.34. The predicted octanol–water partition coefficient (Wildman–Crippen LogP) is 4.72. The summed E-state index contributed by atoms with van der Waals surface area (Å²) in [5, 5.41) is 3.42. The molecule has 0 heterocycles. The van der Waals surface area contributed by atoms with Crippen molar-refractivity contribution in [1.82, 2.24) is 5.32 Å². The minimum Gasteiger partial charge on any atom is -0.493 e. The number of hydrogen-bond donors (Lipinski definition) is 1. The molecule has 26 heavy (non-hydrogen) atoms. The molecule has 0 bridgehead atoms. The number of methoxy groups -OCH3 is 1. The van der Waals surface area contributed by atoms with Crippen LogP contribution in [0.25, 0.3) is 0 Å². The topological polar surface area (TPSA) is 30.5 Å². The fourth-order valence-corrected chi connectivity index (χ4v) is 2.71. The first kappa shape index (κ1) is 22.0. The van der Waals surface area contributed by atoms with Gasteiger partial charge in [-0.25, -0.2) is 4.39 Å². The number of halogens is 2. The molecule has 0 aliphatic rings. The van der Waals surface area contributed by atoms with Crippen LogP contribution in [0.3, 0.4) is 0 Å². The Kier molecular flexibility index (Phi) is 9.78. The average Bonchev–Trinajstić information content (AvgIpc) is 2.62. The van der Waals surface area contributed by atoms with E-state index >= 15 is 0 Å². The van der Waals surface area contributed by atoms with E-state index in [1.54, 1.807) is 7.11 Å². The van der Waals surface area contributed by atoms with Crippen LogP contribution in [0.5, 0.6) is 11.5 Å². The van der Waals surface area contributed by atoms with Crippen LogP contribution < -0.4 is 14.8 Å². The maximum Gasteiger partial charge on any atom is 0.164 e. The monoisotopic (exact) mass is 379 g/mol. The molecule has 0 aliphatic carbocycles. The van der Waals surface area contributed by atoms with Gasteiger partial charge in [0.1, 0.15) is 5.82 Å². The van der Waals surface area contributed by atoms with Gasteiger partial charge in [0.05, 0.1) is 13.7 Å². The lowest BCUT2D eigenvalue weighted by Gasteiger charge is -2.16. The molecule has 0 saturated heterocycles. The Morgan fingerprint density at radius 3 is 2.50 bits per heavy atom. The summed E-state index contributed by atoms with van der Waals surface area (Å²) in [6, 6.07) is 10.8. The molecule has 2 aromatic rings. The van der Waals surface area contributed by atoms with Crippen molar-refractivity contribution in [2.45, 2.75) is 26.3 Å². The van der Waals surface area contributed by atoms with Gasteiger partial charge in [0.15, 0.2) is 11.5 Å². The van der Waals surface area contributed by atoms with Crippen LogP contribution in [0.4, 0.5) is 4.39 Å². The summed E-state index contributed by atoms with van der Waals surface area (Å²) in [5.41, 5.74) is 3.33. The van der Waals surface area contributed by atoms with Gasteiger partial charge >= 0.3 is 0 Å². The molecule has 0 radical (unpaired) electrons. The number of hydrogen-bond acceptors (Lipinski definition) is 3. The molecule has 0 aromatic heterocycles. The SMILES string of the molecule is C=CCc1cc(CNCCc2ccc(F)cc2)cc(OC)c1OCC.Cl. The summed E-state index contributed by atoms with van der Waals surface area (Å²) in [6.45, 7) is 7.92. The van der Waals surface area contributed by atoms with Gasteiger partial charge in [-0.2, -0.15) is 0 Å². The van der Waals surface area contributed by atoms with Crippen LogP contribution in [0.2, 0.25) is 0 Å². The Morgan fingerprint density at radius 2 is 1.88 bits per heavy atom. The normalized spacial score (nSPS) is 10.1. The maximum absolute atomic E-state index is 12.9. The van der Waals surface area contributed by atoms with Crippen molar-refractivity contribution in [2.75, 3.05) is 20.3 Å². The first-order chi connectivity index (χ1) is 12.2. The molecule has 5 heteroatoms. The van der Waals surface area contributed by atoms with Crippen LogP contribution in [0.15, 0.2) is 49.1 Å². The lowest BCUT2D eigenvalue weighted by atomic mass is 10.1. The van der Waals surface area contributed by atoms with Gasteiger partial charge < -0.3 is 14.8 Å². The predicted molar refractivity (Wildman–Crippen MR) is 107 cm³/mol.